The van der Waals surface area contributed by atoms with Gasteiger partial charge in [0.15, 0.2) is 6.10 Å². The Bertz CT molecular complexity index is 1150. The molecule has 1 saturated heterocycles. The number of hydrogen-bond donors (Lipinski definition) is 1. The summed E-state index contributed by atoms with van der Waals surface area (Å²) in [4.78, 5) is 34.8. The minimum Gasteiger partial charge on any atom is -0.477 e. The Kier molecular flexibility index (Phi) is 6.67. The van der Waals surface area contributed by atoms with Gasteiger partial charge in [-0.2, -0.15) is 0 Å². The number of para-hydroxylation sites is 3. The van der Waals surface area contributed by atoms with Gasteiger partial charge < -0.3 is 19.9 Å². The molecule has 3 aromatic rings. The summed E-state index contributed by atoms with van der Waals surface area (Å²) in [7, 11) is 0. The molecule has 8 heteroatoms. The first-order valence-electron chi connectivity index (χ1n) is 12.0. The largest absolute Gasteiger partial charge is 0.477 e. The van der Waals surface area contributed by atoms with E-state index >= 15 is 0 Å². The summed E-state index contributed by atoms with van der Waals surface area (Å²) in [5, 5.41) is 4.03. The number of fused-ring (bicyclic) bond motifs is 2. The second-order valence-corrected chi connectivity index (χ2v) is 10.0. The minimum atomic E-state index is -0.633. The van der Waals surface area contributed by atoms with Crippen LogP contribution in [-0.4, -0.2) is 60.5 Å². The summed E-state index contributed by atoms with van der Waals surface area (Å²) in [6, 6.07) is 15.8. The predicted molar refractivity (Wildman–Crippen MR) is 135 cm³/mol. The van der Waals surface area contributed by atoms with Crippen molar-refractivity contribution in [1.29, 1.82) is 0 Å². The molecule has 2 aromatic carbocycles. The highest BCUT2D eigenvalue weighted by atomic mass is 32.1. The van der Waals surface area contributed by atoms with Gasteiger partial charge in [0.25, 0.3) is 5.91 Å². The van der Waals surface area contributed by atoms with Crippen LogP contribution in [0.5, 0.6) is 5.75 Å². The molecule has 1 N–H and O–H groups in total. The zero-order valence-corrected chi connectivity index (χ0v) is 20.2. The molecule has 34 heavy (non-hydrogen) atoms. The lowest BCUT2D eigenvalue weighted by Gasteiger charge is -2.38. The number of anilines is 1. The van der Waals surface area contributed by atoms with Crippen molar-refractivity contribution in [2.45, 2.75) is 38.2 Å². The Morgan fingerprint density at radius 1 is 1.15 bits per heavy atom. The van der Waals surface area contributed by atoms with E-state index in [9.17, 15) is 9.59 Å². The number of amides is 2. The quantitative estimate of drug-likeness (QED) is 0.583. The molecule has 2 aliphatic rings. The standard InChI is InChI=1S/C26H30N4O3S/c1-2-13-27-25(32)22-16-30(20-10-4-5-11-21(20)33-22)17-24(31)29-14-7-8-18(15-29)26-28-19-9-3-6-12-23(19)34-26/h3-6,9-12,18,22H,2,7-8,13-17H2,1H3,(H,27,32)/t18-,22-/m0/s1. The molecule has 3 heterocycles. The fourth-order valence-corrected chi connectivity index (χ4v) is 5.78. The SMILES string of the molecule is CCCNC(=O)[C@@H]1CN(CC(=O)N2CCC[C@H](c3nc4ccccc4s3)C2)c2ccccc2O1. The van der Waals surface area contributed by atoms with Gasteiger partial charge in [0.1, 0.15) is 5.75 Å². The Balaban J connectivity index is 1.29. The van der Waals surface area contributed by atoms with Crippen LogP contribution in [0.4, 0.5) is 5.69 Å². The molecule has 2 atom stereocenters. The molecule has 0 aliphatic carbocycles. The third kappa shape index (κ3) is 4.73. The molecule has 0 saturated carbocycles. The molecule has 2 aliphatic heterocycles. The summed E-state index contributed by atoms with van der Waals surface area (Å²) in [5.74, 6) is 0.849. The van der Waals surface area contributed by atoms with Crippen molar-refractivity contribution < 1.29 is 14.3 Å². The number of nitrogens with zero attached hydrogens (tertiary/aromatic N) is 3. The van der Waals surface area contributed by atoms with E-state index in [1.165, 1.54) is 4.70 Å². The number of likely N-dealkylation sites (tertiary alicyclic amines) is 1. The third-order valence-electron chi connectivity index (χ3n) is 6.46. The van der Waals surface area contributed by atoms with E-state index in [1.54, 1.807) is 11.3 Å². The van der Waals surface area contributed by atoms with Gasteiger partial charge in [0.2, 0.25) is 5.91 Å². The van der Waals surface area contributed by atoms with Gasteiger partial charge in [-0.15, -0.1) is 11.3 Å². The van der Waals surface area contributed by atoms with Crippen molar-refractivity contribution in [2.75, 3.05) is 37.6 Å². The van der Waals surface area contributed by atoms with Gasteiger partial charge in [0, 0.05) is 25.6 Å². The van der Waals surface area contributed by atoms with Crippen molar-refractivity contribution in [3.63, 3.8) is 0 Å². The summed E-state index contributed by atoms with van der Waals surface area (Å²) in [6.07, 6.45) is 2.24. The number of carbonyl (C=O) groups excluding carboxylic acids is 2. The number of carbonyl (C=O) groups is 2. The summed E-state index contributed by atoms with van der Waals surface area (Å²) < 4.78 is 7.16. The van der Waals surface area contributed by atoms with Crippen LogP contribution in [-0.2, 0) is 9.59 Å². The molecule has 0 radical (unpaired) electrons. The van der Waals surface area contributed by atoms with Gasteiger partial charge in [-0.3, -0.25) is 9.59 Å². The fraction of sp³-hybridized carbons (Fsp3) is 0.423. The van der Waals surface area contributed by atoms with E-state index in [4.69, 9.17) is 9.72 Å². The maximum Gasteiger partial charge on any atom is 0.262 e. The number of nitrogens with one attached hydrogen (secondary N) is 1. The van der Waals surface area contributed by atoms with Crippen LogP contribution in [0, 0.1) is 0 Å². The van der Waals surface area contributed by atoms with Gasteiger partial charge in [-0.05, 0) is 43.5 Å². The van der Waals surface area contributed by atoms with Crippen LogP contribution in [0.25, 0.3) is 10.2 Å². The summed E-state index contributed by atoms with van der Waals surface area (Å²) >= 11 is 1.73. The molecule has 2 amide bonds. The number of piperidine rings is 1. The van der Waals surface area contributed by atoms with Crippen LogP contribution >= 0.6 is 11.3 Å². The van der Waals surface area contributed by atoms with Gasteiger partial charge >= 0.3 is 0 Å². The van der Waals surface area contributed by atoms with Crippen molar-refractivity contribution in [2.24, 2.45) is 0 Å². The van der Waals surface area contributed by atoms with E-state index in [0.29, 0.717) is 25.4 Å². The van der Waals surface area contributed by atoms with E-state index in [2.05, 4.69) is 11.4 Å². The fourth-order valence-electron chi connectivity index (χ4n) is 4.69. The zero-order valence-electron chi connectivity index (χ0n) is 19.4. The monoisotopic (exact) mass is 478 g/mol. The number of aromatic nitrogens is 1. The van der Waals surface area contributed by atoms with E-state index in [-0.39, 0.29) is 24.3 Å². The van der Waals surface area contributed by atoms with Crippen LogP contribution in [0.3, 0.4) is 0 Å². The van der Waals surface area contributed by atoms with Gasteiger partial charge in [-0.25, -0.2) is 4.98 Å². The molecule has 0 bridgehead atoms. The number of hydrogen-bond acceptors (Lipinski definition) is 6. The first-order valence-corrected chi connectivity index (χ1v) is 12.9. The van der Waals surface area contributed by atoms with Crippen LogP contribution in [0.15, 0.2) is 48.5 Å². The highest BCUT2D eigenvalue weighted by Crippen LogP contribution is 2.35. The third-order valence-corrected chi connectivity index (χ3v) is 7.66. The Labute approximate surface area is 203 Å². The van der Waals surface area contributed by atoms with Crippen LogP contribution in [0.1, 0.15) is 37.1 Å². The topological polar surface area (TPSA) is 74.8 Å². The first-order chi connectivity index (χ1) is 16.6. The molecule has 178 valence electrons. The summed E-state index contributed by atoms with van der Waals surface area (Å²) in [6.45, 7) is 4.65. The minimum absolute atomic E-state index is 0.0789. The number of benzene rings is 2. The average Bonchev–Trinajstić information content (AvgIpc) is 3.32. The van der Waals surface area contributed by atoms with E-state index < -0.39 is 6.10 Å². The molecule has 0 spiro atoms. The molecule has 5 rings (SSSR count). The number of rotatable bonds is 6. The maximum absolute atomic E-state index is 13.4. The van der Waals surface area contributed by atoms with Crippen molar-refractivity contribution in [3.8, 4) is 5.75 Å². The second-order valence-electron chi connectivity index (χ2n) is 8.94. The zero-order chi connectivity index (χ0) is 23.5. The van der Waals surface area contributed by atoms with Crippen LogP contribution < -0.4 is 15.0 Å². The van der Waals surface area contributed by atoms with Gasteiger partial charge in [0.05, 0.1) is 34.0 Å². The number of ether oxygens (including phenoxy) is 1. The first kappa shape index (κ1) is 22.7. The van der Waals surface area contributed by atoms with Crippen molar-refractivity contribution in [1.82, 2.24) is 15.2 Å². The van der Waals surface area contributed by atoms with Crippen molar-refractivity contribution in [3.05, 3.63) is 53.5 Å². The molecule has 0 unspecified atom stereocenters. The second kappa shape index (κ2) is 10.0. The van der Waals surface area contributed by atoms with Gasteiger partial charge in [-0.1, -0.05) is 31.2 Å². The van der Waals surface area contributed by atoms with Crippen LogP contribution in [0.2, 0.25) is 0 Å². The lowest BCUT2D eigenvalue weighted by molar-refractivity contribution is -0.132. The predicted octanol–water partition coefficient (Wildman–Crippen LogP) is 3.80. The summed E-state index contributed by atoms with van der Waals surface area (Å²) in [5.41, 5.74) is 1.89. The van der Waals surface area contributed by atoms with E-state index in [1.807, 2.05) is 59.2 Å². The Morgan fingerprint density at radius 3 is 2.82 bits per heavy atom. The molecule has 1 fully saturated rings. The average molecular weight is 479 g/mol. The molecule has 1 aromatic heterocycles. The lowest BCUT2D eigenvalue weighted by Crippen LogP contribution is -2.52. The highest BCUT2D eigenvalue weighted by molar-refractivity contribution is 7.18. The molecular formula is C26H30N4O3S. The van der Waals surface area contributed by atoms with E-state index in [0.717, 1.165) is 42.0 Å². The maximum atomic E-state index is 13.4. The smallest absolute Gasteiger partial charge is 0.262 e. The lowest BCUT2D eigenvalue weighted by atomic mass is 9.98. The molecule has 7 nitrogen and oxygen atoms in total. The normalized spacial score (nSPS) is 20.0. The Morgan fingerprint density at radius 2 is 1.97 bits per heavy atom. The molecular weight excluding hydrogens is 448 g/mol. The Hall–Kier alpha value is -3.13. The number of thiazole rings is 1. The van der Waals surface area contributed by atoms with Crippen molar-refractivity contribution >= 4 is 39.1 Å². The highest BCUT2D eigenvalue weighted by Gasteiger charge is 2.33.